The van der Waals surface area contributed by atoms with Crippen LogP contribution in [0.1, 0.15) is 43.4 Å². The minimum atomic E-state index is -3.60. The van der Waals surface area contributed by atoms with Gasteiger partial charge in [0.15, 0.2) is 0 Å². The maximum atomic E-state index is 13.3. The summed E-state index contributed by atoms with van der Waals surface area (Å²) in [6.45, 7) is 7.67. The molecule has 8 heteroatoms. The Bertz CT molecular complexity index is 1040. The third-order valence-corrected chi connectivity index (χ3v) is 7.83. The number of amides is 1. The Hall–Kier alpha value is -2.19. The predicted octanol–water partition coefficient (Wildman–Crippen LogP) is 2.10. The number of carbonyl (C=O) groups is 1. The van der Waals surface area contributed by atoms with Crippen molar-refractivity contribution in [2.45, 2.75) is 44.7 Å². The van der Waals surface area contributed by atoms with E-state index < -0.39 is 10.0 Å². The van der Waals surface area contributed by atoms with Gasteiger partial charge in [0, 0.05) is 52.3 Å². The van der Waals surface area contributed by atoms with E-state index in [0.717, 1.165) is 16.7 Å². The van der Waals surface area contributed by atoms with Crippen LogP contribution < -0.4 is 0 Å². The van der Waals surface area contributed by atoms with Gasteiger partial charge in [0.05, 0.1) is 11.1 Å². The highest BCUT2D eigenvalue weighted by atomic mass is 32.2. The molecule has 1 saturated heterocycles. The molecule has 0 spiro atoms. The molecule has 0 saturated carbocycles. The van der Waals surface area contributed by atoms with Crippen LogP contribution in [0.4, 0.5) is 0 Å². The van der Waals surface area contributed by atoms with Gasteiger partial charge < -0.3 is 4.90 Å². The van der Waals surface area contributed by atoms with Crippen LogP contribution in [-0.2, 0) is 35.0 Å². The Kier molecular flexibility index (Phi) is 4.39. The normalized spacial score (nSPS) is 21.9. The molecule has 0 bridgehead atoms. The number of aryl methyl sites for hydroxylation is 1. The SMILES string of the molecule is CC(=O)N1Cc2ccc(S(=O)(=O)N3CC(c4cnn(C)c4)C(C)(C)C3)cc2C1. The topological polar surface area (TPSA) is 75.5 Å². The molecule has 1 aromatic heterocycles. The fraction of sp³-hybridized carbons (Fsp3) is 0.500. The van der Waals surface area contributed by atoms with Crippen LogP contribution in [0.3, 0.4) is 0 Å². The van der Waals surface area contributed by atoms with Crippen molar-refractivity contribution in [2.75, 3.05) is 13.1 Å². The van der Waals surface area contributed by atoms with Crippen molar-refractivity contribution in [1.29, 1.82) is 0 Å². The Morgan fingerprint density at radius 2 is 1.93 bits per heavy atom. The van der Waals surface area contributed by atoms with E-state index in [0.29, 0.717) is 31.1 Å². The molecule has 4 rings (SSSR count). The number of aromatic nitrogens is 2. The molecule has 2 aromatic rings. The first-order valence-electron chi connectivity index (χ1n) is 9.44. The Morgan fingerprint density at radius 3 is 2.57 bits per heavy atom. The third-order valence-electron chi connectivity index (χ3n) is 6.02. The van der Waals surface area contributed by atoms with E-state index in [1.54, 1.807) is 26.0 Å². The van der Waals surface area contributed by atoms with Crippen LogP contribution in [0.25, 0.3) is 0 Å². The predicted molar refractivity (Wildman–Crippen MR) is 105 cm³/mol. The summed E-state index contributed by atoms with van der Waals surface area (Å²) in [7, 11) is -1.73. The molecule has 2 aliphatic rings. The highest BCUT2D eigenvalue weighted by Crippen LogP contribution is 2.44. The van der Waals surface area contributed by atoms with Gasteiger partial charge in [-0.3, -0.25) is 9.48 Å². The van der Waals surface area contributed by atoms with E-state index >= 15 is 0 Å². The van der Waals surface area contributed by atoms with Crippen molar-refractivity contribution in [3.8, 4) is 0 Å². The van der Waals surface area contributed by atoms with Crippen LogP contribution in [0.2, 0.25) is 0 Å². The Morgan fingerprint density at radius 1 is 1.21 bits per heavy atom. The minimum absolute atomic E-state index is 0.00112. The largest absolute Gasteiger partial charge is 0.334 e. The number of rotatable bonds is 3. The van der Waals surface area contributed by atoms with Gasteiger partial charge in [0.25, 0.3) is 0 Å². The van der Waals surface area contributed by atoms with E-state index in [1.807, 2.05) is 25.5 Å². The smallest absolute Gasteiger partial charge is 0.243 e. The van der Waals surface area contributed by atoms with Crippen molar-refractivity contribution in [2.24, 2.45) is 12.5 Å². The van der Waals surface area contributed by atoms with Gasteiger partial charge in [0.1, 0.15) is 0 Å². The molecular weight excluding hydrogens is 376 g/mol. The second-order valence-corrected chi connectivity index (χ2v) is 10.5. The quantitative estimate of drug-likeness (QED) is 0.788. The number of hydrogen-bond acceptors (Lipinski definition) is 4. The molecule has 0 aliphatic carbocycles. The van der Waals surface area contributed by atoms with Gasteiger partial charge in [-0.15, -0.1) is 0 Å². The molecular formula is C20H26N4O3S. The number of nitrogens with zero attached hydrogens (tertiary/aromatic N) is 4. The van der Waals surface area contributed by atoms with Crippen LogP contribution in [0.15, 0.2) is 35.5 Å². The summed E-state index contributed by atoms with van der Waals surface area (Å²) in [6, 6.07) is 5.24. The zero-order valence-electron chi connectivity index (χ0n) is 16.7. The summed E-state index contributed by atoms with van der Waals surface area (Å²) in [5, 5.41) is 4.25. The second kappa shape index (κ2) is 6.42. The lowest BCUT2D eigenvalue weighted by Crippen LogP contribution is -2.30. The summed E-state index contributed by atoms with van der Waals surface area (Å²) in [5.74, 6) is 0.0971. The van der Waals surface area contributed by atoms with Gasteiger partial charge in [-0.1, -0.05) is 19.9 Å². The first-order chi connectivity index (χ1) is 13.1. The molecule has 1 unspecified atom stereocenters. The zero-order valence-corrected chi connectivity index (χ0v) is 17.5. The van der Waals surface area contributed by atoms with Crippen LogP contribution >= 0.6 is 0 Å². The molecule has 150 valence electrons. The van der Waals surface area contributed by atoms with Crippen LogP contribution in [0, 0.1) is 5.41 Å². The summed E-state index contributed by atoms with van der Waals surface area (Å²) >= 11 is 0. The number of benzene rings is 1. The van der Waals surface area contributed by atoms with Gasteiger partial charge in [0.2, 0.25) is 15.9 Å². The van der Waals surface area contributed by atoms with Crippen LogP contribution in [-0.4, -0.2) is 46.4 Å². The standard InChI is InChI=1S/C20H26N4O3S/c1-14(25)23-10-15-5-6-18(7-16(15)11-23)28(26,27)24-12-19(20(2,3)13-24)17-8-21-22(4)9-17/h5-9,19H,10-13H2,1-4H3. The lowest BCUT2D eigenvalue weighted by atomic mass is 9.79. The lowest BCUT2D eigenvalue weighted by molar-refractivity contribution is -0.129. The lowest BCUT2D eigenvalue weighted by Gasteiger charge is -2.24. The van der Waals surface area contributed by atoms with E-state index in [2.05, 4.69) is 18.9 Å². The first kappa shape index (κ1) is 19.1. The summed E-state index contributed by atoms with van der Waals surface area (Å²) in [5.41, 5.74) is 2.82. The third kappa shape index (κ3) is 3.14. The Labute approximate surface area is 166 Å². The molecule has 0 N–H and O–H groups in total. The number of fused-ring (bicyclic) bond motifs is 1. The van der Waals surface area contributed by atoms with E-state index in [1.165, 1.54) is 6.92 Å². The fourth-order valence-electron chi connectivity index (χ4n) is 4.34. The van der Waals surface area contributed by atoms with Crippen molar-refractivity contribution in [3.05, 3.63) is 47.3 Å². The number of hydrogen-bond donors (Lipinski definition) is 0. The van der Waals surface area contributed by atoms with Crippen molar-refractivity contribution >= 4 is 15.9 Å². The van der Waals surface area contributed by atoms with E-state index in [4.69, 9.17) is 0 Å². The average Bonchev–Trinajstić information content (AvgIpc) is 3.30. The molecule has 7 nitrogen and oxygen atoms in total. The second-order valence-electron chi connectivity index (χ2n) is 8.59. The maximum Gasteiger partial charge on any atom is 0.243 e. The molecule has 2 aliphatic heterocycles. The van der Waals surface area contributed by atoms with E-state index in [9.17, 15) is 13.2 Å². The molecule has 28 heavy (non-hydrogen) atoms. The van der Waals surface area contributed by atoms with Gasteiger partial charge in [-0.05, 0) is 34.2 Å². The van der Waals surface area contributed by atoms with Crippen molar-refractivity contribution < 1.29 is 13.2 Å². The van der Waals surface area contributed by atoms with Gasteiger partial charge >= 0.3 is 0 Å². The number of carbonyl (C=O) groups excluding carboxylic acids is 1. The van der Waals surface area contributed by atoms with Gasteiger partial charge in [-0.25, -0.2) is 8.42 Å². The molecule has 1 atom stereocenters. The molecule has 3 heterocycles. The first-order valence-corrected chi connectivity index (χ1v) is 10.9. The van der Waals surface area contributed by atoms with Gasteiger partial charge in [-0.2, -0.15) is 9.40 Å². The maximum absolute atomic E-state index is 13.3. The molecule has 1 amide bonds. The van der Waals surface area contributed by atoms with Crippen molar-refractivity contribution in [3.63, 3.8) is 0 Å². The highest BCUT2D eigenvalue weighted by molar-refractivity contribution is 7.89. The fourth-order valence-corrected chi connectivity index (χ4v) is 6.02. The van der Waals surface area contributed by atoms with Crippen molar-refractivity contribution in [1.82, 2.24) is 19.0 Å². The highest BCUT2D eigenvalue weighted by Gasteiger charge is 2.45. The molecule has 0 radical (unpaired) electrons. The van der Waals surface area contributed by atoms with Crippen LogP contribution in [0.5, 0.6) is 0 Å². The molecule has 1 aromatic carbocycles. The molecule has 1 fully saturated rings. The summed E-state index contributed by atoms with van der Waals surface area (Å²) < 4.78 is 30.0. The average molecular weight is 403 g/mol. The summed E-state index contributed by atoms with van der Waals surface area (Å²) in [6.07, 6.45) is 3.79. The zero-order chi connectivity index (χ0) is 20.3. The minimum Gasteiger partial charge on any atom is -0.334 e. The number of sulfonamides is 1. The van der Waals surface area contributed by atoms with E-state index in [-0.39, 0.29) is 17.2 Å². The monoisotopic (exact) mass is 402 g/mol. The Balaban J connectivity index is 1.62. The summed E-state index contributed by atoms with van der Waals surface area (Å²) in [4.78, 5) is 13.7.